The fraction of sp³-hybridized carbons (Fsp3) is 0. The fourth-order valence-electron chi connectivity index (χ4n) is 0.667. The summed E-state index contributed by atoms with van der Waals surface area (Å²) in [5, 5.41) is 63.2. The molecule has 0 amide bonds. The van der Waals surface area contributed by atoms with Gasteiger partial charge in [-0.1, -0.05) is 0 Å². The first-order chi connectivity index (χ1) is 8.34. The van der Waals surface area contributed by atoms with Crippen LogP contribution in [0.1, 0.15) is 0 Å². The van der Waals surface area contributed by atoms with Gasteiger partial charge in [-0.15, -0.1) is 0 Å². The van der Waals surface area contributed by atoms with E-state index in [2.05, 4.69) is 0 Å². The summed E-state index contributed by atoms with van der Waals surface area (Å²) < 4.78 is -19.6. The van der Waals surface area contributed by atoms with Crippen LogP contribution in [0.15, 0.2) is 0 Å². The number of hydrogen-bond donors (Lipinski definition) is 0. The third kappa shape index (κ3) is 1.55. The predicted molar refractivity (Wildman–Crippen MR) is 42.0 cm³/mol. The number of rotatable bonds is 6. The zero-order valence-corrected chi connectivity index (χ0v) is 12.7. The Morgan fingerprint density at radius 2 is 0.545 bits per heavy atom. The Kier molecular flexibility index (Phi) is 8.22. The molecule has 0 aromatic rings. The van der Waals surface area contributed by atoms with Crippen LogP contribution in [0.5, 0.6) is 0 Å². The van der Waals surface area contributed by atoms with Crippen molar-refractivity contribution in [1.29, 1.82) is 0 Å². The van der Waals surface area contributed by atoms with Crippen molar-refractivity contribution in [3.8, 4) is 0 Å². The molecule has 22 heteroatoms. The minimum atomic E-state index is -10.3. The Morgan fingerprint density at radius 3 is 0.545 bits per heavy atom. The van der Waals surface area contributed by atoms with Gasteiger partial charge >= 0.3 is 113 Å². The smallest absolute Gasteiger partial charge is 1.00 e. The summed E-state index contributed by atoms with van der Waals surface area (Å²) in [6, 6.07) is 0. The summed E-state index contributed by atoms with van der Waals surface area (Å²) in [6.45, 7) is 0. The van der Waals surface area contributed by atoms with E-state index in [9.17, 15) is 60.7 Å². The number of hydrogen-bond acceptors (Lipinski definition) is 12. The zero-order valence-electron chi connectivity index (χ0n) is 9.03. The molecule has 0 aliphatic rings. The Bertz CT molecular complexity index is 441. The molecular formula is Cl2CoFeN6O12. The number of nitro groups is 6. The van der Waals surface area contributed by atoms with E-state index >= 15 is 0 Å². The molecule has 0 unspecified atom stereocenters. The molecule has 0 aromatic heterocycles. The summed E-state index contributed by atoms with van der Waals surface area (Å²) in [7, 11) is 0. The van der Waals surface area contributed by atoms with Crippen molar-refractivity contribution in [1.82, 2.24) is 0 Å². The van der Waals surface area contributed by atoms with Crippen LogP contribution >= 0.6 is 0 Å². The van der Waals surface area contributed by atoms with Crippen LogP contribution in [0.3, 0.4) is 0 Å². The molecule has 0 saturated heterocycles. The van der Waals surface area contributed by atoms with Gasteiger partial charge in [0.2, 0.25) is 0 Å². The van der Waals surface area contributed by atoms with Crippen molar-refractivity contribution >= 4 is 0 Å². The van der Waals surface area contributed by atoms with Crippen molar-refractivity contribution < 1.29 is 77.5 Å². The van der Waals surface area contributed by atoms with Gasteiger partial charge in [0.25, 0.3) is 0 Å². The van der Waals surface area contributed by atoms with Gasteiger partial charge in [0.05, 0.1) is 0 Å². The maximum absolute atomic E-state index is 10.5. The molecule has 0 N–H and O–H groups in total. The Hall–Kier alpha value is -1.99. The van der Waals surface area contributed by atoms with Crippen molar-refractivity contribution in [3.63, 3.8) is 0 Å². The van der Waals surface area contributed by atoms with E-state index in [0.717, 1.165) is 0 Å². The molecule has 0 atom stereocenters. The molecule has 22 heavy (non-hydrogen) atoms. The van der Waals surface area contributed by atoms with Crippen LogP contribution in [0.4, 0.5) is 0 Å². The first-order valence-corrected chi connectivity index (χ1v) is 5.88. The molecule has 0 heterocycles. The predicted octanol–water partition coefficient (Wildman–Crippen LogP) is -7.63. The molecule has 0 rings (SSSR count). The summed E-state index contributed by atoms with van der Waals surface area (Å²) in [5.41, 5.74) is 0. The van der Waals surface area contributed by atoms with Crippen LogP contribution in [0, 0.1) is 60.7 Å². The average Bonchev–Trinajstić information content (AvgIpc) is 2.15. The summed E-state index contributed by atoms with van der Waals surface area (Å²) in [4.78, 5) is 63.2. The van der Waals surface area contributed by atoms with Gasteiger partial charge < -0.3 is 24.8 Å². The average molecular weight is 462 g/mol. The van der Waals surface area contributed by atoms with Gasteiger partial charge in [-0.3, -0.25) is 0 Å². The van der Waals surface area contributed by atoms with Gasteiger partial charge in [0, 0.05) is 0 Å². The number of nitrogens with zero attached hydrogens (tertiary/aromatic N) is 6. The van der Waals surface area contributed by atoms with Crippen LogP contribution in [-0.2, 0) is 28.9 Å². The molecule has 0 aliphatic heterocycles. The molecule has 18 nitrogen and oxygen atoms in total. The van der Waals surface area contributed by atoms with Crippen LogP contribution in [0.25, 0.3) is 0 Å². The van der Waals surface area contributed by atoms with Crippen LogP contribution < -0.4 is 24.8 Å². The third-order valence-corrected chi connectivity index (χ3v) is 6.73. The summed E-state index contributed by atoms with van der Waals surface area (Å²) in [5.74, 6) is 0. The van der Waals surface area contributed by atoms with E-state index < -0.39 is 35.7 Å². The molecule has 0 aliphatic carbocycles. The van der Waals surface area contributed by atoms with E-state index in [4.69, 9.17) is 0 Å². The summed E-state index contributed by atoms with van der Waals surface area (Å²) >= 11 is -10.3. The van der Waals surface area contributed by atoms with Gasteiger partial charge in [-0.25, -0.2) is 0 Å². The van der Waals surface area contributed by atoms with Crippen LogP contribution in [-0.4, -0.2) is 23.8 Å². The zero-order chi connectivity index (χ0) is 15.9. The molecule has 0 saturated carbocycles. The molecular weight excluding hydrogens is 462 g/mol. The van der Waals surface area contributed by atoms with Crippen molar-refractivity contribution in [2.75, 3.05) is 0 Å². The van der Waals surface area contributed by atoms with E-state index in [-0.39, 0.29) is 41.9 Å². The summed E-state index contributed by atoms with van der Waals surface area (Å²) in [6.07, 6.45) is 0. The second-order valence-electron chi connectivity index (χ2n) is 2.18. The van der Waals surface area contributed by atoms with E-state index in [1.54, 1.807) is 0 Å². The molecule has 0 aromatic carbocycles. The Balaban J connectivity index is -0.000000540. The first-order valence-electron chi connectivity index (χ1n) is 3.09. The van der Waals surface area contributed by atoms with Crippen LogP contribution in [0.2, 0.25) is 0 Å². The topological polar surface area (TPSA) is 259 Å². The minimum absolute atomic E-state index is 0. The second-order valence-corrected chi connectivity index (χ2v) is 7.58. The van der Waals surface area contributed by atoms with E-state index in [0.29, 0.717) is 0 Å². The van der Waals surface area contributed by atoms with Gasteiger partial charge in [-0.05, 0) is 0 Å². The van der Waals surface area contributed by atoms with Crippen molar-refractivity contribution in [2.45, 2.75) is 0 Å². The quantitative estimate of drug-likeness (QED) is 0.203. The molecule has 0 bridgehead atoms. The third-order valence-electron chi connectivity index (χ3n) is 1.63. The van der Waals surface area contributed by atoms with Crippen molar-refractivity contribution in [3.05, 3.63) is 60.7 Å². The second kappa shape index (κ2) is 6.41. The molecule has 133 valence electrons. The first kappa shape index (κ1) is 28.2. The Morgan fingerprint density at radius 1 is 0.455 bits per heavy atom. The van der Waals surface area contributed by atoms with E-state index in [1.165, 1.54) is 0 Å². The molecule has 0 spiro atoms. The maximum atomic E-state index is 10.5. The maximum Gasteiger partial charge on any atom is 2.00 e. The van der Waals surface area contributed by atoms with Crippen molar-refractivity contribution in [2.24, 2.45) is 0 Å². The van der Waals surface area contributed by atoms with Gasteiger partial charge in [0.15, 0.2) is 0 Å². The molecule has 0 radical (unpaired) electrons. The van der Waals surface area contributed by atoms with E-state index in [1.807, 2.05) is 0 Å². The minimum Gasteiger partial charge on any atom is -1.00 e. The fourth-order valence-corrected chi connectivity index (χ4v) is 2.75. The monoisotopic (exact) mass is 461 g/mol. The normalized spacial score (nSPS) is 12.5. The van der Waals surface area contributed by atoms with Gasteiger partial charge in [0.1, 0.15) is 0 Å². The number of halogens is 2. The standard InChI is InChI=1S/2ClH.Co.Fe.6NO2/c;;;;6*2-1-3/h2*1H;;;;;;;;/q;;;+2;;;;;;/p-2. The van der Waals surface area contributed by atoms with Gasteiger partial charge in [-0.2, -0.15) is 0 Å². The molecule has 0 fully saturated rings. The SMILES string of the molecule is O=[N+]([O-])[Co]([N+](=O)[O-])([N+](=O)[O-])([N+](=O)[O-])([N+](=O)[O-])[N+](=O)[O-].[Cl-].[Cl-].[Fe+2]. The Labute approximate surface area is 138 Å². The largest absolute Gasteiger partial charge is 2.00 e.